The maximum absolute atomic E-state index is 5.74. The van der Waals surface area contributed by atoms with E-state index in [9.17, 15) is 0 Å². The van der Waals surface area contributed by atoms with Gasteiger partial charge in [0.25, 0.3) is 0 Å². The zero-order valence-corrected chi connectivity index (χ0v) is 13.4. The van der Waals surface area contributed by atoms with Crippen molar-refractivity contribution in [2.45, 2.75) is 26.3 Å². The highest BCUT2D eigenvalue weighted by Crippen LogP contribution is 2.16. The number of ether oxygens (including phenoxy) is 1. The number of aromatic nitrogens is 3. The van der Waals surface area contributed by atoms with E-state index in [0.29, 0.717) is 13.2 Å². The second-order valence-corrected chi connectivity index (χ2v) is 5.59. The van der Waals surface area contributed by atoms with Gasteiger partial charge in [-0.25, -0.2) is 9.97 Å². The van der Waals surface area contributed by atoms with Gasteiger partial charge in [-0.3, -0.25) is 0 Å². The average Bonchev–Trinajstić information content (AvgIpc) is 2.90. The number of aryl methyl sites for hydroxylation is 2. The molecular formula is C18H22N4O. The van der Waals surface area contributed by atoms with Gasteiger partial charge in [-0.15, -0.1) is 0 Å². The zero-order chi connectivity index (χ0) is 16.1. The SMILES string of the molecule is Cc1cnc2c(c1)nc(CCCOc1ccccc1)n2CCN. The molecule has 2 N–H and O–H groups in total. The lowest BCUT2D eigenvalue weighted by Gasteiger charge is -2.08. The molecule has 0 unspecified atom stereocenters. The molecule has 5 heteroatoms. The van der Waals surface area contributed by atoms with Crippen molar-refractivity contribution in [3.63, 3.8) is 0 Å². The van der Waals surface area contributed by atoms with E-state index in [-0.39, 0.29) is 0 Å². The van der Waals surface area contributed by atoms with Crippen LogP contribution in [0.4, 0.5) is 0 Å². The second kappa shape index (κ2) is 7.24. The first-order valence-electron chi connectivity index (χ1n) is 7.97. The van der Waals surface area contributed by atoms with Gasteiger partial charge in [-0.05, 0) is 37.1 Å². The van der Waals surface area contributed by atoms with Crippen molar-refractivity contribution < 1.29 is 4.74 Å². The monoisotopic (exact) mass is 310 g/mol. The molecule has 3 rings (SSSR count). The minimum absolute atomic E-state index is 0.578. The van der Waals surface area contributed by atoms with Crippen LogP contribution in [0.25, 0.3) is 11.2 Å². The van der Waals surface area contributed by atoms with Gasteiger partial charge in [0, 0.05) is 25.7 Å². The van der Waals surface area contributed by atoms with Crippen LogP contribution in [-0.4, -0.2) is 27.7 Å². The third-order valence-corrected chi connectivity index (χ3v) is 3.71. The van der Waals surface area contributed by atoms with Gasteiger partial charge in [-0.1, -0.05) is 18.2 Å². The molecule has 0 aliphatic heterocycles. The zero-order valence-electron chi connectivity index (χ0n) is 13.4. The number of pyridine rings is 1. The lowest BCUT2D eigenvalue weighted by atomic mass is 10.3. The Labute approximate surface area is 136 Å². The first-order chi connectivity index (χ1) is 11.3. The second-order valence-electron chi connectivity index (χ2n) is 5.59. The van der Waals surface area contributed by atoms with Crippen molar-refractivity contribution in [3.05, 3.63) is 54.0 Å². The lowest BCUT2D eigenvalue weighted by Crippen LogP contribution is -2.13. The molecule has 23 heavy (non-hydrogen) atoms. The van der Waals surface area contributed by atoms with Crippen LogP contribution in [0.5, 0.6) is 5.75 Å². The van der Waals surface area contributed by atoms with Crippen LogP contribution in [-0.2, 0) is 13.0 Å². The van der Waals surface area contributed by atoms with E-state index < -0.39 is 0 Å². The van der Waals surface area contributed by atoms with Crippen LogP contribution in [0, 0.1) is 6.92 Å². The van der Waals surface area contributed by atoms with Crippen molar-refractivity contribution in [3.8, 4) is 5.75 Å². The molecule has 2 heterocycles. The molecule has 0 bridgehead atoms. The van der Waals surface area contributed by atoms with Gasteiger partial charge >= 0.3 is 0 Å². The standard InChI is InChI=1S/C18H22N4O/c1-14-12-16-18(20-13-14)22(10-9-19)17(21-16)8-5-11-23-15-6-3-2-4-7-15/h2-4,6-7,12-13H,5,8-11,19H2,1H3. The Morgan fingerprint density at radius 3 is 2.83 bits per heavy atom. The fourth-order valence-electron chi connectivity index (χ4n) is 2.65. The van der Waals surface area contributed by atoms with E-state index in [1.165, 1.54) is 0 Å². The first kappa shape index (κ1) is 15.5. The molecule has 2 aromatic heterocycles. The largest absolute Gasteiger partial charge is 0.494 e. The van der Waals surface area contributed by atoms with Gasteiger partial charge in [-0.2, -0.15) is 0 Å². The summed E-state index contributed by atoms with van der Waals surface area (Å²) in [6.07, 6.45) is 3.63. The molecular weight excluding hydrogens is 288 g/mol. The minimum Gasteiger partial charge on any atom is -0.494 e. The highest BCUT2D eigenvalue weighted by Gasteiger charge is 2.11. The summed E-state index contributed by atoms with van der Waals surface area (Å²) in [5.74, 6) is 1.93. The summed E-state index contributed by atoms with van der Waals surface area (Å²) in [6, 6.07) is 11.9. The van der Waals surface area contributed by atoms with Crippen molar-refractivity contribution in [1.82, 2.24) is 14.5 Å². The van der Waals surface area contributed by atoms with Gasteiger partial charge < -0.3 is 15.0 Å². The molecule has 0 radical (unpaired) electrons. The summed E-state index contributed by atoms with van der Waals surface area (Å²) in [4.78, 5) is 9.24. The molecule has 0 amide bonds. The maximum Gasteiger partial charge on any atom is 0.160 e. The summed E-state index contributed by atoms with van der Waals surface area (Å²) >= 11 is 0. The first-order valence-corrected chi connectivity index (χ1v) is 7.97. The summed E-state index contributed by atoms with van der Waals surface area (Å²) in [5.41, 5.74) is 8.72. The van der Waals surface area contributed by atoms with E-state index in [2.05, 4.69) is 15.6 Å². The Hall–Kier alpha value is -2.40. The average molecular weight is 310 g/mol. The predicted molar refractivity (Wildman–Crippen MR) is 91.6 cm³/mol. The summed E-state index contributed by atoms with van der Waals surface area (Å²) in [7, 11) is 0. The summed E-state index contributed by atoms with van der Waals surface area (Å²) in [6.45, 7) is 4.01. The van der Waals surface area contributed by atoms with E-state index in [1.54, 1.807) is 0 Å². The fraction of sp³-hybridized carbons (Fsp3) is 0.333. The number of nitrogens with two attached hydrogens (primary N) is 1. The number of imidazole rings is 1. The Kier molecular flexibility index (Phi) is 4.88. The molecule has 0 saturated heterocycles. The van der Waals surface area contributed by atoms with Gasteiger partial charge in [0.15, 0.2) is 5.65 Å². The van der Waals surface area contributed by atoms with Crippen molar-refractivity contribution in [2.75, 3.05) is 13.2 Å². The molecule has 0 saturated carbocycles. The molecule has 0 fully saturated rings. The van der Waals surface area contributed by atoms with Gasteiger partial charge in [0.2, 0.25) is 0 Å². The van der Waals surface area contributed by atoms with Crippen LogP contribution in [0.1, 0.15) is 17.8 Å². The number of para-hydroxylation sites is 1. The van der Waals surface area contributed by atoms with E-state index in [1.807, 2.05) is 43.5 Å². The van der Waals surface area contributed by atoms with Crippen LogP contribution in [0.3, 0.4) is 0 Å². The highest BCUT2D eigenvalue weighted by molar-refractivity contribution is 5.72. The van der Waals surface area contributed by atoms with Crippen LogP contribution < -0.4 is 10.5 Å². The topological polar surface area (TPSA) is 66.0 Å². The third-order valence-electron chi connectivity index (χ3n) is 3.71. The Morgan fingerprint density at radius 1 is 1.22 bits per heavy atom. The molecule has 0 aliphatic rings. The number of benzene rings is 1. The number of hydrogen-bond donors (Lipinski definition) is 1. The third kappa shape index (κ3) is 3.68. The van der Waals surface area contributed by atoms with Crippen molar-refractivity contribution in [1.29, 1.82) is 0 Å². The molecule has 0 atom stereocenters. The van der Waals surface area contributed by atoms with Crippen LogP contribution >= 0.6 is 0 Å². The van der Waals surface area contributed by atoms with E-state index in [0.717, 1.165) is 47.7 Å². The number of nitrogens with zero attached hydrogens (tertiary/aromatic N) is 3. The Morgan fingerprint density at radius 2 is 2.04 bits per heavy atom. The molecule has 3 aromatic rings. The summed E-state index contributed by atoms with van der Waals surface area (Å²) < 4.78 is 7.87. The lowest BCUT2D eigenvalue weighted by molar-refractivity contribution is 0.309. The fourth-order valence-corrected chi connectivity index (χ4v) is 2.65. The van der Waals surface area contributed by atoms with Gasteiger partial charge in [0.1, 0.15) is 17.1 Å². The highest BCUT2D eigenvalue weighted by atomic mass is 16.5. The molecule has 0 aliphatic carbocycles. The molecule has 5 nitrogen and oxygen atoms in total. The predicted octanol–water partition coefficient (Wildman–Crippen LogP) is 2.71. The Balaban J connectivity index is 1.68. The minimum atomic E-state index is 0.578. The molecule has 0 spiro atoms. The van der Waals surface area contributed by atoms with Crippen LogP contribution in [0.15, 0.2) is 42.6 Å². The van der Waals surface area contributed by atoms with Crippen LogP contribution in [0.2, 0.25) is 0 Å². The quantitative estimate of drug-likeness (QED) is 0.681. The number of rotatable bonds is 7. The van der Waals surface area contributed by atoms with Crippen molar-refractivity contribution >= 4 is 11.2 Å². The van der Waals surface area contributed by atoms with E-state index in [4.69, 9.17) is 15.5 Å². The Bertz CT molecular complexity index is 767. The normalized spacial score (nSPS) is 11.0. The smallest absolute Gasteiger partial charge is 0.160 e. The maximum atomic E-state index is 5.74. The van der Waals surface area contributed by atoms with Gasteiger partial charge in [0.05, 0.1) is 6.61 Å². The number of hydrogen-bond acceptors (Lipinski definition) is 4. The van der Waals surface area contributed by atoms with E-state index >= 15 is 0 Å². The molecule has 120 valence electrons. The van der Waals surface area contributed by atoms with Crippen molar-refractivity contribution in [2.24, 2.45) is 5.73 Å². The summed E-state index contributed by atoms with van der Waals surface area (Å²) in [5, 5.41) is 0. The number of fused-ring (bicyclic) bond motifs is 1. The molecule has 1 aromatic carbocycles.